The van der Waals surface area contributed by atoms with Crippen LogP contribution in [0.3, 0.4) is 0 Å². The second-order valence-corrected chi connectivity index (χ2v) is 2.16. The molecule has 8 heavy (non-hydrogen) atoms. The second-order valence-electron chi connectivity index (χ2n) is 2.16. The zero-order chi connectivity index (χ0) is 5.82. The van der Waals surface area contributed by atoms with Crippen LogP contribution in [0.25, 0.3) is 0 Å². The molecular weight excluding hydrogens is 108 g/mol. The first-order valence-electron chi connectivity index (χ1n) is 3.16. The van der Waals surface area contributed by atoms with Gasteiger partial charge >= 0.3 is 0 Å². The average molecular weight is 119 g/mol. The Morgan fingerprint density at radius 3 is 3.00 bits per heavy atom. The first-order valence-corrected chi connectivity index (χ1v) is 3.16. The fourth-order valence-corrected chi connectivity index (χ4v) is 0.904. The molecule has 0 atom stereocenters. The van der Waals surface area contributed by atoms with Gasteiger partial charge in [0.15, 0.2) is 0 Å². The van der Waals surface area contributed by atoms with Gasteiger partial charge in [0.05, 0.1) is 0 Å². The lowest BCUT2D eigenvalue weighted by Gasteiger charge is -1.93. The minimum atomic E-state index is 0.225. The third-order valence-electron chi connectivity index (χ3n) is 1.40. The van der Waals surface area contributed by atoms with Crippen LogP contribution in [-0.4, -0.2) is 12.5 Å². The summed E-state index contributed by atoms with van der Waals surface area (Å²) in [6, 6.07) is 0. The Morgan fingerprint density at radius 1 is 1.25 bits per heavy atom. The van der Waals surface area contributed by atoms with Gasteiger partial charge in [-0.2, -0.15) is 0 Å². The minimum Gasteiger partial charge on any atom is -0.356 e. The molecule has 0 saturated carbocycles. The summed E-state index contributed by atoms with van der Waals surface area (Å²) in [6.45, 7) is 0.888. The summed E-state index contributed by atoms with van der Waals surface area (Å²) in [5, 5.41) is 2.81. The second kappa shape index (κ2) is 2.70. The first-order chi connectivity index (χ1) is 3.89. The summed E-state index contributed by atoms with van der Waals surface area (Å²) in [4.78, 5) is 10.6. The molecule has 1 amide bonds. The van der Waals surface area contributed by atoms with Crippen LogP contribution in [0.5, 0.6) is 0 Å². The summed E-state index contributed by atoms with van der Waals surface area (Å²) in [5.41, 5.74) is 0. The van der Waals surface area contributed by atoms with Crippen LogP contribution in [0, 0.1) is 0 Å². The van der Waals surface area contributed by atoms with Crippen molar-refractivity contribution < 1.29 is 4.79 Å². The average Bonchev–Trinajstić information content (AvgIpc) is 1.94. The van der Waals surface area contributed by atoms with E-state index in [1.165, 1.54) is 6.42 Å². The quantitative estimate of drug-likeness (QED) is 0.467. The summed E-state index contributed by atoms with van der Waals surface area (Å²) < 4.78 is 0. The molecule has 0 aromatic rings. The molecule has 1 N–H and O–H groups in total. The van der Waals surface area contributed by atoms with Gasteiger partial charge in [0.1, 0.15) is 0 Å². The highest BCUT2D eigenvalue weighted by Gasteiger charge is 2.03. The molecule has 1 aliphatic rings. The van der Waals surface area contributed by atoms with Crippen molar-refractivity contribution in [2.75, 3.05) is 6.54 Å². The fourth-order valence-electron chi connectivity index (χ4n) is 0.904. The van der Waals surface area contributed by atoms with Crippen LogP contribution in [-0.2, 0) is 4.79 Å². The van der Waals surface area contributed by atoms with Gasteiger partial charge in [0.25, 0.3) is 0 Å². The molecule has 0 spiro atoms. The maximum Gasteiger partial charge on any atom is 0.219 e. The first kappa shape index (κ1) is 5.60. The largest absolute Gasteiger partial charge is 0.356 e. The van der Waals surface area contributed by atoms with Crippen LogP contribution in [0.15, 0.2) is 0 Å². The number of carbonyl (C=O) groups is 1. The molecule has 2 nitrogen and oxygen atoms in total. The van der Waals surface area contributed by atoms with E-state index in [1.807, 2.05) is 0 Å². The molecule has 1 rings (SSSR count). The van der Waals surface area contributed by atoms with E-state index < -0.39 is 0 Å². The van der Waals surface area contributed by atoms with Gasteiger partial charge in [-0.05, 0) is 12.8 Å². The highest BCUT2D eigenvalue weighted by atomic mass is 16.2. The van der Waals surface area contributed by atoms with E-state index in [-0.39, 0.29) is 5.91 Å². The molecule has 2 heteroatoms. The van der Waals surface area contributed by atoms with Crippen LogP contribution >= 0.6 is 0 Å². The topological polar surface area (TPSA) is 29.1 Å². The van der Waals surface area contributed by atoms with E-state index in [0.717, 1.165) is 25.8 Å². The maximum absolute atomic E-state index is 10.6. The number of hydrogen-bond donors (Lipinski definition) is 1. The molecule has 0 aromatic heterocycles. The van der Waals surface area contributed by atoms with E-state index in [2.05, 4.69) is 5.32 Å². The highest BCUT2D eigenvalue weighted by Crippen LogP contribution is 2.02. The van der Waals surface area contributed by atoms with E-state index in [0.29, 0.717) is 0 Å². The Balaban J connectivity index is 2.27. The van der Waals surface area contributed by atoms with E-state index in [1.54, 1.807) is 0 Å². The predicted molar refractivity (Wildman–Crippen MR) is 31.5 cm³/mol. The molecule has 1 aliphatic heterocycles. The third-order valence-corrected chi connectivity index (χ3v) is 1.40. The van der Waals surface area contributed by atoms with Crippen LogP contribution in [0.2, 0.25) is 0 Å². The van der Waals surface area contributed by atoms with E-state index >= 15 is 0 Å². The predicted octanol–water partition coefficient (Wildman–Crippen LogP) is 0.677. The maximum atomic E-state index is 10.6. The monoisotopic (exact) mass is 119 g/mol. The fraction of sp³-hybridized carbons (Fsp3) is 0.833. The van der Waals surface area contributed by atoms with Crippen molar-refractivity contribution in [2.45, 2.75) is 25.7 Å². The van der Waals surface area contributed by atoms with E-state index in [4.69, 9.17) is 0 Å². The zero-order valence-electron chi connectivity index (χ0n) is 4.94. The number of nitrogens with one attached hydrogen (secondary N) is 1. The van der Waals surface area contributed by atoms with Gasteiger partial charge in [-0.3, -0.25) is 4.79 Å². The lowest BCUT2D eigenvalue weighted by molar-refractivity contribution is -0.120. The van der Waals surface area contributed by atoms with Crippen LogP contribution < -0.4 is 5.32 Å². The lowest BCUT2D eigenvalue weighted by Crippen LogP contribution is -2.21. The van der Waals surface area contributed by atoms with Crippen molar-refractivity contribution in [1.82, 2.24) is 5.32 Å². The summed E-state index contributed by atoms with van der Waals surface area (Å²) in [6.07, 6.45) is 4.18. The molecule has 0 radical (unpaired) electrons. The van der Waals surface area contributed by atoms with Gasteiger partial charge in [-0.25, -0.2) is 0 Å². The Bertz CT molecular complexity index is 80.5. The molecule has 0 aromatic carbocycles. The van der Waals surface area contributed by atoms with Gasteiger partial charge in [-0.15, -0.1) is 0 Å². The molecule has 1 heterocycles. The van der Waals surface area contributed by atoms with Gasteiger partial charge in [-0.1, -0.05) is 6.42 Å². The Kier molecular flexibility index (Phi) is 1.89. The minimum absolute atomic E-state index is 0.225. The lowest BCUT2D eigenvalue weighted by atomic mass is 11.2. The SMILES string of the molecule is O=[13C]1[13CH2][13CH2][13CH2][13CH2][13CH2]N1. The van der Waals surface area contributed by atoms with Gasteiger partial charge in [0.2, 0.25) is 5.91 Å². The van der Waals surface area contributed by atoms with Crippen molar-refractivity contribution in [1.29, 1.82) is 0 Å². The molecule has 0 aliphatic carbocycles. The van der Waals surface area contributed by atoms with Crippen molar-refractivity contribution in [2.24, 2.45) is 0 Å². The highest BCUT2D eigenvalue weighted by molar-refractivity contribution is 5.75. The van der Waals surface area contributed by atoms with Crippen molar-refractivity contribution >= 4 is 5.91 Å². The molecule has 1 fully saturated rings. The van der Waals surface area contributed by atoms with Crippen molar-refractivity contribution in [3.63, 3.8) is 0 Å². The Labute approximate surface area is 49.3 Å². The summed E-state index contributed by atoms with van der Waals surface area (Å²) >= 11 is 0. The zero-order valence-corrected chi connectivity index (χ0v) is 4.94. The van der Waals surface area contributed by atoms with Crippen LogP contribution in [0.4, 0.5) is 0 Å². The summed E-state index contributed by atoms with van der Waals surface area (Å²) in [7, 11) is 0. The molecule has 0 bridgehead atoms. The van der Waals surface area contributed by atoms with Crippen molar-refractivity contribution in [3.8, 4) is 0 Å². The van der Waals surface area contributed by atoms with Crippen LogP contribution in [0.1, 0.15) is 25.7 Å². The molecule has 46 valence electrons. The number of amides is 1. The number of rotatable bonds is 0. The molecular formula is C6H11NO. The van der Waals surface area contributed by atoms with Gasteiger partial charge < -0.3 is 5.32 Å². The van der Waals surface area contributed by atoms with Gasteiger partial charge in [0, 0.05) is 13.0 Å². The molecule has 1 saturated heterocycles. The normalized spacial score (nSPS) is 21.8. The smallest absolute Gasteiger partial charge is 0.219 e. The standard InChI is InChI=1S/C6H11NO/c8-6-4-2-1-3-5-7-6/h1-5H2,(H,7,8)/i1+1,2+1,3+1,4+1,5+1,6+1. The number of hydrogen-bond acceptors (Lipinski definition) is 1. The Hall–Kier alpha value is -0.530. The third kappa shape index (κ3) is 1.52. The molecule has 0 unspecified atom stereocenters. The Morgan fingerprint density at radius 2 is 2.12 bits per heavy atom. The van der Waals surface area contributed by atoms with Crippen molar-refractivity contribution in [3.05, 3.63) is 0 Å². The summed E-state index contributed by atoms with van der Waals surface area (Å²) in [5.74, 6) is 0.225. The number of carbonyl (C=O) groups excluding carboxylic acids is 1. The van der Waals surface area contributed by atoms with E-state index in [9.17, 15) is 4.79 Å².